The highest BCUT2D eigenvalue weighted by Gasteiger charge is 2.29. The van der Waals surface area contributed by atoms with E-state index in [2.05, 4.69) is 16.0 Å². The van der Waals surface area contributed by atoms with Crippen LogP contribution in [0.4, 0.5) is 10.5 Å². The van der Waals surface area contributed by atoms with Gasteiger partial charge >= 0.3 is 6.03 Å². The zero-order chi connectivity index (χ0) is 23.2. The Balaban J connectivity index is 1.29. The highest BCUT2D eigenvalue weighted by molar-refractivity contribution is 5.90. The van der Waals surface area contributed by atoms with Crippen molar-refractivity contribution in [2.75, 3.05) is 18.7 Å². The van der Waals surface area contributed by atoms with Crippen molar-refractivity contribution in [3.8, 4) is 11.5 Å². The average Bonchev–Trinajstić information content (AvgIpc) is 3.28. The zero-order valence-electron chi connectivity index (χ0n) is 18.2. The van der Waals surface area contributed by atoms with Crippen LogP contribution in [-0.2, 0) is 9.53 Å². The number of aliphatic hydroxyl groups is 1. The Hall–Kier alpha value is -3.56. The van der Waals surface area contributed by atoms with Gasteiger partial charge in [0, 0.05) is 11.8 Å². The fraction of sp³-hybridized carbons (Fsp3) is 0.333. The average molecular weight is 453 g/mol. The molecule has 4 N–H and O–H groups in total. The number of amides is 3. The van der Waals surface area contributed by atoms with Crippen LogP contribution in [-0.4, -0.2) is 48.7 Å². The Morgan fingerprint density at radius 1 is 1.09 bits per heavy atom. The minimum Gasteiger partial charge on any atom is -0.454 e. The quantitative estimate of drug-likeness (QED) is 0.479. The van der Waals surface area contributed by atoms with Gasteiger partial charge in [0.1, 0.15) is 6.10 Å². The van der Waals surface area contributed by atoms with Gasteiger partial charge in [0.25, 0.3) is 0 Å². The molecule has 9 heteroatoms. The zero-order valence-corrected chi connectivity index (χ0v) is 18.2. The smallest absolute Gasteiger partial charge is 0.319 e. The lowest BCUT2D eigenvalue weighted by Crippen LogP contribution is -2.50. The number of anilines is 1. The number of benzene rings is 2. The molecule has 0 saturated carbocycles. The van der Waals surface area contributed by atoms with Crippen LogP contribution in [0.3, 0.4) is 0 Å². The number of nitrogens with one attached hydrogen (secondary N) is 3. The van der Waals surface area contributed by atoms with Gasteiger partial charge in [0.2, 0.25) is 12.7 Å². The third-order valence-corrected chi connectivity index (χ3v) is 5.46. The summed E-state index contributed by atoms with van der Waals surface area (Å²) in [6.45, 7) is 1.76. The Bertz CT molecular complexity index is 1010. The van der Waals surface area contributed by atoms with Crippen LogP contribution in [0.25, 0.3) is 0 Å². The van der Waals surface area contributed by atoms with E-state index in [4.69, 9.17) is 14.2 Å². The van der Waals surface area contributed by atoms with Crippen molar-refractivity contribution in [2.24, 2.45) is 0 Å². The molecule has 2 aromatic carbocycles. The van der Waals surface area contributed by atoms with E-state index in [1.165, 1.54) is 0 Å². The number of carbonyl (C=O) groups excluding carboxylic acids is 2. The summed E-state index contributed by atoms with van der Waals surface area (Å²) < 4.78 is 16.4. The molecule has 3 amide bonds. The van der Waals surface area contributed by atoms with Gasteiger partial charge in [-0.1, -0.05) is 42.5 Å². The summed E-state index contributed by atoms with van der Waals surface area (Å²) in [5.74, 6) is 1.02. The van der Waals surface area contributed by atoms with E-state index in [1.807, 2.05) is 37.3 Å². The lowest BCUT2D eigenvalue weighted by atomic mass is 10.0. The van der Waals surface area contributed by atoms with E-state index < -0.39 is 24.3 Å². The molecule has 2 heterocycles. The number of carbonyl (C=O) groups is 2. The molecular weight excluding hydrogens is 426 g/mol. The minimum absolute atomic E-state index is 0.111. The molecule has 0 aliphatic carbocycles. The molecule has 0 saturated heterocycles. The van der Waals surface area contributed by atoms with Crippen molar-refractivity contribution in [1.82, 2.24) is 10.6 Å². The van der Waals surface area contributed by atoms with Crippen LogP contribution in [0.15, 0.2) is 60.7 Å². The van der Waals surface area contributed by atoms with E-state index in [9.17, 15) is 14.7 Å². The van der Waals surface area contributed by atoms with Crippen LogP contribution >= 0.6 is 0 Å². The number of urea groups is 1. The van der Waals surface area contributed by atoms with E-state index in [-0.39, 0.29) is 31.8 Å². The maximum absolute atomic E-state index is 12.4. The maximum Gasteiger partial charge on any atom is 0.319 e. The van der Waals surface area contributed by atoms with Crippen LogP contribution in [0.5, 0.6) is 11.5 Å². The minimum atomic E-state index is -0.679. The second-order valence-electron chi connectivity index (χ2n) is 7.88. The molecule has 2 aliphatic rings. The van der Waals surface area contributed by atoms with Crippen molar-refractivity contribution < 1.29 is 28.9 Å². The Morgan fingerprint density at radius 3 is 2.67 bits per heavy atom. The fourth-order valence-corrected chi connectivity index (χ4v) is 3.74. The number of hydrogen-bond donors (Lipinski definition) is 4. The summed E-state index contributed by atoms with van der Waals surface area (Å²) in [5.41, 5.74) is 1.55. The van der Waals surface area contributed by atoms with Crippen molar-refractivity contribution in [3.05, 3.63) is 66.2 Å². The van der Waals surface area contributed by atoms with E-state index >= 15 is 0 Å². The van der Waals surface area contributed by atoms with Gasteiger partial charge in [-0.25, -0.2) is 4.79 Å². The number of fused-ring (bicyclic) bond motifs is 1. The van der Waals surface area contributed by atoms with Gasteiger partial charge in [-0.15, -0.1) is 0 Å². The third kappa shape index (κ3) is 5.82. The molecule has 2 aliphatic heterocycles. The Labute approximate surface area is 191 Å². The van der Waals surface area contributed by atoms with E-state index in [0.29, 0.717) is 17.2 Å². The molecule has 0 radical (unpaired) electrons. The normalized spacial score (nSPS) is 21.8. The third-order valence-electron chi connectivity index (χ3n) is 5.46. The molecule has 33 heavy (non-hydrogen) atoms. The van der Waals surface area contributed by atoms with E-state index in [0.717, 1.165) is 5.56 Å². The first-order valence-electron chi connectivity index (χ1n) is 10.8. The largest absolute Gasteiger partial charge is 0.454 e. The summed E-state index contributed by atoms with van der Waals surface area (Å²) in [7, 11) is 0. The number of ether oxygens (including phenoxy) is 3. The lowest BCUT2D eigenvalue weighted by Gasteiger charge is -2.31. The summed E-state index contributed by atoms with van der Waals surface area (Å²) in [6.07, 6.45) is 2.40. The first kappa shape index (κ1) is 22.6. The summed E-state index contributed by atoms with van der Waals surface area (Å²) in [4.78, 5) is 24.9. The van der Waals surface area contributed by atoms with Crippen LogP contribution in [0.2, 0.25) is 0 Å². The number of hydrogen-bond acceptors (Lipinski definition) is 6. The topological polar surface area (TPSA) is 118 Å². The SMILES string of the molecule is C[C@H](NC(=O)C[C@@H]1C=C[C@@H](NC(=O)Nc2ccc3c(c2)OCO3)[C@H](CO)O1)c1ccccc1. The van der Waals surface area contributed by atoms with Crippen LogP contribution in [0, 0.1) is 0 Å². The van der Waals surface area contributed by atoms with Gasteiger partial charge < -0.3 is 35.3 Å². The first-order chi connectivity index (χ1) is 16.0. The predicted molar refractivity (Wildman–Crippen MR) is 121 cm³/mol. The molecule has 0 spiro atoms. The highest BCUT2D eigenvalue weighted by Crippen LogP contribution is 2.34. The maximum atomic E-state index is 12.4. The molecule has 0 fully saturated rings. The van der Waals surface area contributed by atoms with Gasteiger partial charge in [-0.3, -0.25) is 4.79 Å². The molecular formula is C24H27N3O6. The molecule has 0 unspecified atom stereocenters. The summed E-state index contributed by atoms with van der Waals surface area (Å²) in [6, 6.07) is 13.6. The van der Waals surface area contributed by atoms with Crippen molar-refractivity contribution in [1.29, 1.82) is 0 Å². The Kier molecular flexibility index (Phi) is 7.11. The molecule has 4 atom stereocenters. The van der Waals surface area contributed by atoms with Gasteiger partial charge in [-0.05, 0) is 24.6 Å². The van der Waals surface area contributed by atoms with Gasteiger partial charge in [0.15, 0.2) is 11.5 Å². The van der Waals surface area contributed by atoms with Crippen LogP contribution in [0.1, 0.15) is 24.9 Å². The first-order valence-corrected chi connectivity index (χ1v) is 10.8. The van der Waals surface area contributed by atoms with Crippen molar-refractivity contribution in [2.45, 2.75) is 37.6 Å². The van der Waals surface area contributed by atoms with Crippen molar-refractivity contribution in [3.63, 3.8) is 0 Å². The van der Waals surface area contributed by atoms with Gasteiger partial charge in [-0.2, -0.15) is 0 Å². The Morgan fingerprint density at radius 2 is 1.88 bits per heavy atom. The van der Waals surface area contributed by atoms with E-state index in [1.54, 1.807) is 30.4 Å². The molecule has 9 nitrogen and oxygen atoms in total. The second-order valence-corrected chi connectivity index (χ2v) is 7.88. The molecule has 2 aromatic rings. The summed E-state index contributed by atoms with van der Waals surface area (Å²) >= 11 is 0. The lowest BCUT2D eigenvalue weighted by molar-refractivity contribution is -0.125. The van der Waals surface area contributed by atoms with Crippen molar-refractivity contribution >= 4 is 17.6 Å². The molecule has 174 valence electrons. The van der Waals surface area contributed by atoms with Crippen LogP contribution < -0.4 is 25.4 Å². The number of rotatable bonds is 7. The molecule has 4 rings (SSSR count). The highest BCUT2D eigenvalue weighted by atomic mass is 16.7. The monoisotopic (exact) mass is 453 g/mol. The molecule has 0 aromatic heterocycles. The second kappa shape index (κ2) is 10.4. The summed E-state index contributed by atoms with van der Waals surface area (Å²) in [5, 5.41) is 18.2. The standard InChI is InChI=1S/C24H27N3O6/c1-15(16-5-3-2-4-6-16)25-23(29)12-18-8-9-19(22(13-28)33-18)27-24(30)26-17-7-10-20-21(11-17)32-14-31-20/h2-11,15,18-19,22,28H,12-14H2,1H3,(H,25,29)(H2,26,27,30)/t15-,18-,19+,22-/m0/s1. The number of aliphatic hydroxyl groups excluding tert-OH is 1. The molecule has 0 bridgehead atoms. The fourth-order valence-electron chi connectivity index (χ4n) is 3.74. The van der Waals surface area contributed by atoms with Gasteiger partial charge in [0.05, 0.1) is 31.2 Å². The predicted octanol–water partition coefficient (Wildman–Crippen LogP) is 2.49.